The van der Waals surface area contributed by atoms with Crippen LogP contribution in [0.2, 0.25) is 0 Å². The lowest BCUT2D eigenvalue weighted by atomic mass is 10.0. The third-order valence-electron chi connectivity index (χ3n) is 5.79. The Morgan fingerprint density at radius 2 is 2.03 bits per heavy atom. The van der Waals surface area contributed by atoms with E-state index in [9.17, 15) is 4.79 Å². The highest BCUT2D eigenvalue weighted by Gasteiger charge is 2.23. The molecule has 1 atom stereocenters. The molecule has 7 nitrogen and oxygen atoms in total. The number of fused-ring (bicyclic) bond motifs is 4. The second-order valence-corrected chi connectivity index (χ2v) is 10.3. The number of benzene rings is 1. The van der Waals surface area contributed by atoms with Gasteiger partial charge >= 0.3 is 0 Å². The molecule has 0 spiro atoms. The Bertz CT molecular complexity index is 1260. The molecule has 32 heavy (non-hydrogen) atoms. The van der Waals surface area contributed by atoms with E-state index in [-0.39, 0.29) is 11.2 Å². The molecule has 1 aliphatic rings. The van der Waals surface area contributed by atoms with Gasteiger partial charge in [0, 0.05) is 16.8 Å². The predicted molar refractivity (Wildman–Crippen MR) is 130 cm³/mol. The summed E-state index contributed by atoms with van der Waals surface area (Å²) in [5.74, 6) is -0.0543. The van der Waals surface area contributed by atoms with Crippen molar-refractivity contribution in [1.82, 2.24) is 24.7 Å². The lowest BCUT2D eigenvalue weighted by Crippen LogP contribution is -2.24. The molecule has 1 N–H and O–H groups in total. The van der Waals surface area contributed by atoms with Crippen molar-refractivity contribution in [1.29, 1.82) is 0 Å². The molecule has 166 valence electrons. The summed E-state index contributed by atoms with van der Waals surface area (Å²) < 4.78 is 2.20. The minimum absolute atomic E-state index is 0.0543. The number of amides is 1. The number of hydrogen-bond acceptors (Lipinski definition) is 7. The van der Waals surface area contributed by atoms with E-state index in [1.54, 1.807) is 11.3 Å². The number of anilines is 1. The fourth-order valence-electron chi connectivity index (χ4n) is 4.23. The fourth-order valence-corrected chi connectivity index (χ4v) is 6.10. The van der Waals surface area contributed by atoms with Gasteiger partial charge in [-0.05, 0) is 44.6 Å². The Hall–Kier alpha value is -2.52. The van der Waals surface area contributed by atoms with Gasteiger partial charge in [-0.15, -0.1) is 21.5 Å². The molecule has 0 saturated heterocycles. The zero-order valence-corrected chi connectivity index (χ0v) is 19.9. The number of carbonyl (C=O) groups excluding carboxylic acids is 1. The minimum atomic E-state index is -0.306. The Morgan fingerprint density at radius 1 is 1.19 bits per heavy atom. The van der Waals surface area contributed by atoms with Crippen LogP contribution in [0.1, 0.15) is 50.1 Å². The number of thiazole rings is 1. The van der Waals surface area contributed by atoms with Crippen molar-refractivity contribution in [2.24, 2.45) is 0 Å². The van der Waals surface area contributed by atoms with E-state index < -0.39 is 0 Å². The summed E-state index contributed by atoms with van der Waals surface area (Å²) >= 11 is 2.98. The summed E-state index contributed by atoms with van der Waals surface area (Å²) in [7, 11) is 0. The van der Waals surface area contributed by atoms with Gasteiger partial charge in [0.2, 0.25) is 11.1 Å². The van der Waals surface area contributed by atoms with Crippen LogP contribution < -0.4 is 5.32 Å². The molecule has 3 heterocycles. The molecule has 5 rings (SSSR count). The van der Waals surface area contributed by atoms with E-state index in [0.29, 0.717) is 16.7 Å². The minimum Gasteiger partial charge on any atom is -0.324 e. The molecule has 1 unspecified atom stereocenters. The zero-order valence-electron chi connectivity index (χ0n) is 18.3. The Kier molecular flexibility index (Phi) is 6.10. The van der Waals surface area contributed by atoms with Gasteiger partial charge in [0.1, 0.15) is 5.52 Å². The normalized spacial score (nSPS) is 14.6. The largest absolute Gasteiger partial charge is 0.324 e. The third kappa shape index (κ3) is 3.99. The number of aryl methyl sites for hydroxylation is 3. The summed E-state index contributed by atoms with van der Waals surface area (Å²) in [6.07, 6.45) is 6.13. The first-order valence-corrected chi connectivity index (χ1v) is 12.9. The summed E-state index contributed by atoms with van der Waals surface area (Å²) in [6.45, 7) is 5.02. The molecular formula is C23H26N6OS2. The van der Waals surface area contributed by atoms with Crippen LogP contribution in [0, 0.1) is 0 Å². The number of hydrogen-bond donors (Lipinski definition) is 1. The maximum absolute atomic E-state index is 13.0. The average Bonchev–Trinajstić information content (AvgIpc) is 3.36. The smallest absolute Gasteiger partial charge is 0.239 e. The van der Waals surface area contributed by atoms with Crippen LogP contribution in [0.25, 0.3) is 22.1 Å². The van der Waals surface area contributed by atoms with Gasteiger partial charge in [-0.1, -0.05) is 43.8 Å². The molecular weight excluding hydrogens is 440 g/mol. The maximum atomic E-state index is 13.0. The Labute approximate surface area is 195 Å². The van der Waals surface area contributed by atoms with Crippen LogP contribution in [0.4, 0.5) is 5.13 Å². The third-order valence-corrected chi connectivity index (χ3v) is 8.08. The molecule has 1 aromatic carbocycles. The molecule has 0 aliphatic heterocycles. The van der Waals surface area contributed by atoms with Gasteiger partial charge in [-0.25, -0.2) is 9.97 Å². The summed E-state index contributed by atoms with van der Waals surface area (Å²) in [5, 5.41) is 13.9. The lowest BCUT2D eigenvalue weighted by molar-refractivity contribution is -0.115. The highest BCUT2D eigenvalue weighted by molar-refractivity contribution is 8.00. The zero-order chi connectivity index (χ0) is 22.1. The number of carbonyl (C=O) groups is 1. The first-order valence-electron chi connectivity index (χ1n) is 11.3. The number of nitrogens with zero attached hydrogens (tertiary/aromatic N) is 5. The molecule has 1 amide bonds. The van der Waals surface area contributed by atoms with Crippen molar-refractivity contribution >= 4 is 56.2 Å². The van der Waals surface area contributed by atoms with E-state index in [2.05, 4.69) is 44.1 Å². The monoisotopic (exact) mass is 466 g/mol. The van der Waals surface area contributed by atoms with E-state index in [0.717, 1.165) is 53.6 Å². The van der Waals surface area contributed by atoms with Gasteiger partial charge in [-0.3, -0.25) is 4.79 Å². The molecule has 4 aromatic rings. The van der Waals surface area contributed by atoms with E-state index >= 15 is 0 Å². The van der Waals surface area contributed by atoms with Gasteiger partial charge in [0.15, 0.2) is 10.8 Å². The van der Waals surface area contributed by atoms with Gasteiger partial charge < -0.3 is 9.88 Å². The number of aromatic nitrogens is 5. The average molecular weight is 467 g/mol. The number of thioether (sulfide) groups is 1. The fraction of sp³-hybridized carbons (Fsp3) is 0.435. The summed E-state index contributed by atoms with van der Waals surface area (Å²) in [5.41, 5.74) is 3.91. The SMILES string of the molecule is CCCn1c2ccccc2c2nnc(SC(CC)C(=O)Nc3nc4c(s3)CCCC4)nc21. The molecule has 3 aromatic heterocycles. The van der Waals surface area contributed by atoms with Gasteiger partial charge in [0.25, 0.3) is 0 Å². The molecule has 0 saturated carbocycles. The summed E-state index contributed by atoms with van der Waals surface area (Å²) in [4.78, 5) is 23.8. The number of para-hydroxylation sites is 1. The summed E-state index contributed by atoms with van der Waals surface area (Å²) in [6, 6.07) is 8.20. The Morgan fingerprint density at radius 3 is 2.84 bits per heavy atom. The van der Waals surface area contributed by atoms with Crippen molar-refractivity contribution in [2.45, 2.75) is 69.3 Å². The predicted octanol–water partition coefficient (Wildman–Crippen LogP) is 5.23. The van der Waals surface area contributed by atoms with E-state index in [1.807, 2.05) is 19.1 Å². The standard InChI is InChI=1S/C23H26N6OS2/c1-3-13-29-16-11-7-5-9-14(16)19-20(29)25-23(28-27-19)31-17(4-2)21(30)26-22-24-15-10-6-8-12-18(15)32-22/h5,7,9,11,17H,3-4,6,8,10,12-13H2,1-2H3,(H,24,26,30). The number of nitrogens with one attached hydrogen (secondary N) is 1. The molecule has 1 aliphatic carbocycles. The highest BCUT2D eigenvalue weighted by Crippen LogP contribution is 2.32. The van der Waals surface area contributed by atoms with Crippen LogP contribution in [0.15, 0.2) is 29.4 Å². The topological polar surface area (TPSA) is 85.6 Å². The molecule has 9 heteroatoms. The first kappa shape index (κ1) is 21.3. The first-order chi connectivity index (χ1) is 15.7. The van der Waals surface area contributed by atoms with Crippen molar-refractivity contribution in [3.05, 3.63) is 34.8 Å². The Balaban J connectivity index is 1.39. The van der Waals surface area contributed by atoms with E-state index in [4.69, 9.17) is 4.98 Å². The maximum Gasteiger partial charge on any atom is 0.239 e. The highest BCUT2D eigenvalue weighted by atomic mass is 32.2. The van der Waals surface area contributed by atoms with Crippen LogP contribution in [-0.2, 0) is 24.2 Å². The van der Waals surface area contributed by atoms with Gasteiger partial charge in [-0.2, -0.15) is 0 Å². The van der Waals surface area contributed by atoms with E-state index in [1.165, 1.54) is 29.5 Å². The molecule has 0 bridgehead atoms. The van der Waals surface area contributed by atoms with Crippen molar-refractivity contribution in [2.75, 3.05) is 5.32 Å². The second kappa shape index (κ2) is 9.15. The quantitative estimate of drug-likeness (QED) is 0.375. The van der Waals surface area contributed by atoms with Crippen molar-refractivity contribution < 1.29 is 4.79 Å². The molecule has 0 radical (unpaired) electrons. The van der Waals surface area contributed by atoms with Crippen LogP contribution in [0.3, 0.4) is 0 Å². The van der Waals surface area contributed by atoms with Crippen LogP contribution >= 0.6 is 23.1 Å². The number of rotatable bonds is 7. The van der Waals surface area contributed by atoms with Crippen molar-refractivity contribution in [3.8, 4) is 0 Å². The van der Waals surface area contributed by atoms with Crippen LogP contribution in [0.5, 0.6) is 0 Å². The van der Waals surface area contributed by atoms with Crippen molar-refractivity contribution in [3.63, 3.8) is 0 Å². The lowest BCUT2D eigenvalue weighted by Gasteiger charge is -2.12. The van der Waals surface area contributed by atoms with Crippen LogP contribution in [-0.4, -0.2) is 35.9 Å². The van der Waals surface area contributed by atoms with Gasteiger partial charge in [0.05, 0.1) is 16.5 Å². The second-order valence-electron chi connectivity index (χ2n) is 8.04. The molecule has 0 fully saturated rings.